The third-order valence-electron chi connectivity index (χ3n) is 5.76. The predicted octanol–water partition coefficient (Wildman–Crippen LogP) is 5.50. The van der Waals surface area contributed by atoms with Gasteiger partial charge in [-0.05, 0) is 37.3 Å². The number of nitrogens with one attached hydrogen (secondary N) is 3. The van der Waals surface area contributed by atoms with Crippen LogP contribution in [0.3, 0.4) is 0 Å². The van der Waals surface area contributed by atoms with Crippen LogP contribution in [-0.2, 0) is 4.79 Å². The molecular weight excluding hydrogens is 569 g/mol. The molecule has 0 bridgehead atoms. The summed E-state index contributed by atoms with van der Waals surface area (Å²) < 4.78 is 48.0. The van der Waals surface area contributed by atoms with Crippen LogP contribution in [0.15, 0.2) is 81.5 Å². The van der Waals surface area contributed by atoms with Gasteiger partial charge in [-0.1, -0.05) is 35.9 Å². The number of aliphatic imine (C=N–C) groups is 1. The number of aromatic carboxylic acids is 1. The fourth-order valence-electron chi connectivity index (χ4n) is 4.05. The Labute approximate surface area is 233 Å². The fraction of sp³-hybridized carbons (Fsp3) is 0.115. The molecule has 0 radical (unpaired) electrons. The van der Waals surface area contributed by atoms with E-state index in [1.54, 1.807) is 31.2 Å². The van der Waals surface area contributed by atoms with Gasteiger partial charge in [0.25, 0.3) is 5.91 Å². The van der Waals surface area contributed by atoms with Crippen molar-refractivity contribution in [3.05, 3.63) is 88.2 Å². The Hall–Kier alpha value is -5.11. The summed E-state index contributed by atoms with van der Waals surface area (Å²) in [6, 6.07) is 11.9. The molecule has 1 amide bonds. The Balaban J connectivity index is 1.47. The topological polar surface area (TPSA) is 151 Å². The van der Waals surface area contributed by atoms with Crippen molar-refractivity contribution in [2.75, 3.05) is 10.6 Å². The molecule has 0 aliphatic carbocycles. The zero-order valence-corrected chi connectivity index (χ0v) is 21.5. The molecule has 15 heteroatoms. The molecule has 0 spiro atoms. The highest BCUT2D eigenvalue weighted by atomic mass is 35.5. The van der Waals surface area contributed by atoms with Gasteiger partial charge in [0.1, 0.15) is 17.4 Å². The number of amides is 1. The summed E-state index contributed by atoms with van der Waals surface area (Å²) in [5.74, 6) is -2.33. The third kappa shape index (κ3) is 6.06. The molecule has 1 unspecified atom stereocenters. The lowest BCUT2D eigenvalue weighted by Gasteiger charge is -2.26. The number of pyridine rings is 1. The van der Waals surface area contributed by atoms with Gasteiger partial charge >= 0.3 is 18.3 Å². The second-order valence-electron chi connectivity index (χ2n) is 8.55. The van der Waals surface area contributed by atoms with Crippen molar-refractivity contribution in [1.82, 2.24) is 15.3 Å². The number of alkyl halides is 3. The highest BCUT2D eigenvalue weighted by Crippen LogP contribution is 2.36. The summed E-state index contributed by atoms with van der Waals surface area (Å²) in [4.78, 5) is 37.5. The number of carbonyl (C=O) groups is 2. The SMILES string of the molecule is CC1=C(C(=O)Nc2cc(C(=O)O)ccn2)C(c2ccccc2Cl)N=C(Nc2nc3cccc(OC(F)(F)F)c3o2)N1. The number of hydrogen-bond acceptors (Lipinski definition) is 9. The van der Waals surface area contributed by atoms with Crippen LogP contribution < -0.4 is 20.7 Å². The van der Waals surface area contributed by atoms with E-state index in [4.69, 9.17) is 16.0 Å². The maximum atomic E-state index is 13.4. The van der Waals surface area contributed by atoms with Crippen LogP contribution in [0.2, 0.25) is 5.02 Å². The second kappa shape index (κ2) is 10.8. The minimum absolute atomic E-state index is 0.00404. The summed E-state index contributed by atoms with van der Waals surface area (Å²) >= 11 is 6.44. The minimum Gasteiger partial charge on any atom is -0.478 e. The molecule has 0 saturated carbocycles. The smallest absolute Gasteiger partial charge is 0.478 e. The van der Waals surface area contributed by atoms with E-state index in [2.05, 4.69) is 35.6 Å². The molecule has 1 aliphatic rings. The molecule has 2 aromatic carbocycles. The average Bonchev–Trinajstić information content (AvgIpc) is 3.31. The van der Waals surface area contributed by atoms with Crippen LogP contribution >= 0.6 is 11.6 Å². The number of oxazole rings is 1. The highest BCUT2D eigenvalue weighted by molar-refractivity contribution is 6.31. The normalized spacial score (nSPS) is 15.2. The number of halogens is 4. The van der Waals surface area contributed by atoms with Crippen molar-refractivity contribution in [3.63, 3.8) is 0 Å². The Morgan fingerprint density at radius 2 is 1.93 bits per heavy atom. The summed E-state index contributed by atoms with van der Waals surface area (Å²) in [6.07, 6.45) is -3.69. The Kier molecular flexibility index (Phi) is 7.24. The van der Waals surface area contributed by atoms with E-state index in [0.29, 0.717) is 16.3 Å². The van der Waals surface area contributed by atoms with E-state index in [9.17, 15) is 27.9 Å². The van der Waals surface area contributed by atoms with Crippen LogP contribution in [0.25, 0.3) is 11.1 Å². The van der Waals surface area contributed by atoms with Crippen LogP contribution in [0.5, 0.6) is 5.75 Å². The number of carboxylic acid groups (broad SMARTS) is 1. The quantitative estimate of drug-likeness (QED) is 0.230. The standard InChI is InChI=1S/C26H18ClF3N6O5/c1-12-19(22(37)34-18-11-13(23(38)39)9-10-31-18)20(14-5-2-3-6-15(14)27)35-24(32-12)36-25-33-16-7-4-8-17(21(16)40-25)41-26(28,29)30/h2-11,20H,1H3,(H,38,39)(H,31,34,37)(H2,32,33,35,36). The van der Waals surface area contributed by atoms with Crippen molar-refractivity contribution in [2.24, 2.45) is 4.99 Å². The van der Waals surface area contributed by atoms with Crippen LogP contribution in [0.4, 0.5) is 25.0 Å². The summed E-state index contributed by atoms with van der Waals surface area (Å²) in [5, 5.41) is 17.8. The first-order valence-corrected chi connectivity index (χ1v) is 12.1. The first-order valence-electron chi connectivity index (χ1n) is 11.7. The molecule has 3 heterocycles. The zero-order valence-electron chi connectivity index (χ0n) is 20.8. The fourth-order valence-corrected chi connectivity index (χ4v) is 4.29. The van der Waals surface area contributed by atoms with Crippen molar-refractivity contribution in [1.29, 1.82) is 0 Å². The monoisotopic (exact) mass is 586 g/mol. The number of benzene rings is 2. The van der Waals surface area contributed by atoms with Gasteiger partial charge in [0.05, 0.1) is 11.1 Å². The molecule has 41 heavy (non-hydrogen) atoms. The maximum Gasteiger partial charge on any atom is 0.573 e. The first kappa shape index (κ1) is 27.5. The number of carboxylic acids is 1. The maximum absolute atomic E-state index is 13.4. The lowest BCUT2D eigenvalue weighted by Crippen LogP contribution is -2.37. The van der Waals surface area contributed by atoms with E-state index in [1.807, 2.05) is 0 Å². The van der Waals surface area contributed by atoms with Crippen LogP contribution in [0.1, 0.15) is 28.9 Å². The van der Waals surface area contributed by atoms with Gasteiger partial charge in [-0.3, -0.25) is 10.1 Å². The molecule has 0 fully saturated rings. The summed E-state index contributed by atoms with van der Waals surface area (Å²) in [5.41, 5.74) is 0.717. The Bertz CT molecular complexity index is 1740. The Morgan fingerprint density at radius 3 is 2.66 bits per heavy atom. The molecule has 4 aromatic rings. The van der Waals surface area contributed by atoms with Gasteiger partial charge in [-0.2, -0.15) is 4.98 Å². The minimum atomic E-state index is -4.94. The highest BCUT2D eigenvalue weighted by Gasteiger charge is 2.34. The van der Waals surface area contributed by atoms with E-state index >= 15 is 0 Å². The van der Waals surface area contributed by atoms with Gasteiger partial charge in [0.15, 0.2) is 11.3 Å². The predicted molar refractivity (Wildman–Crippen MR) is 142 cm³/mol. The zero-order chi connectivity index (χ0) is 29.3. The lowest BCUT2D eigenvalue weighted by atomic mass is 9.95. The van der Waals surface area contributed by atoms with Gasteiger partial charge < -0.3 is 24.9 Å². The number of anilines is 2. The van der Waals surface area contributed by atoms with Crippen molar-refractivity contribution >= 4 is 52.4 Å². The number of carbonyl (C=O) groups excluding carboxylic acids is 1. The van der Waals surface area contributed by atoms with Crippen LogP contribution in [0, 0.1) is 0 Å². The number of nitrogens with zero attached hydrogens (tertiary/aromatic N) is 3. The number of para-hydroxylation sites is 1. The van der Waals surface area contributed by atoms with Crippen molar-refractivity contribution in [2.45, 2.75) is 19.3 Å². The van der Waals surface area contributed by atoms with E-state index in [-0.39, 0.29) is 40.0 Å². The molecule has 0 saturated heterocycles. The number of allylic oxidation sites excluding steroid dienone is 1. The van der Waals surface area contributed by atoms with E-state index < -0.39 is 30.0 Å². The number of aromatic nitrogens is 2. The average molecular weight is 587 g/mol. The lowest BCUT2D eigenvalue weighted by molar-refractivity contribution is -0.274. The molecular formula is C26H18ClF3N6O5. The number of fused-ring (bicyclic) bond motifs is 1. The molecule has 210 valence electrons. The van der Waals surface area contributed by atoms with Gasteiger partial charge in [0, 0.05) is 22.5 Å². The molecule has 4 N–H and O–H groups in total. The van der Waals surface area contributed by atoms with Gasteiger partial charge in [-0.25, -0.2) is 14.8 Å². The van der Waals surface area contributed by atoms with Crippen molar-refractivity contribution in [3.8, 4) is 5.75 Å². The summed E-state index contributed by atoms with van der Waals surface area (Å²) in [7, 11) is 0. The van der Waals surface area contributed by atoms with E-state index in [1.165, 1.54) is 30.5 Å². The molecule has 5 rings (SSSR count). The van der Waals surface area contributed by atoms with E-state index in [0.717, 1.165) is 6.07 Å². The summed E-state index contributed by atoms with van der Waals surface area (Å²) in [6.45, 7) is 1.59. The second-order valence-corrected chi connectivity index (χ2v) is 8.96. The Morgan fingerprint density at radius 1 is 1.15 bits per heavy atom. The van der Waals surface area contributed by atoms with Crippen LogP contribution in [-0.4, -0.2) is 39.3 Å². The van der Waals surface area contributed by atoms with Crippen molar-refractivity contribution < 1.29 is 37.0 Å². The number of guanidine groups is 1. The van der Waals surface area contributed by atoms with Gasteiger partial charge in [0.2, 0.25) is 5.96 Å². The van der Waals surface area contributed by atoms with Gasteiger partial charge in [-0.15, -0.1) is 13.2 Å². The first-order chi connectivity index (χ1) is 19.5. The molecule has 1 aliphatic heterocycles. The number of ether oxygens (including phenoxy) is 1. The molecule has 1 atom stereocenters. The molecule has 2 aromatic heterocycles. The largest absolute Gasteiger partial charge is 0.573 e. The third-order valence-corrected chi connectivity index (χ3v) is 6.11. The molecule has 11 nitrogen and oxygen atoms in total. The number of hydrogen-bond donors (Lipinski definition) is 4. The number of rotatable bonds is 6.